The molecule has 1 heterocycles. The quantitative estimate of drug-likeness (QED) is 0.232. The molecule has 0 aliphatic rings. The minimum atomic E-state index is -0.491. The largest absolute Gasteiger partial charge is 0.348 e. The number of carbonyl (C=O) groups excluding carboxylic acids is 1. The predicted molar refractivity (Wildman–Crippen MR) is 137 cm³/mol. The first-order valence-corrected chi connectivity index (χ1v) is 11.7. The number of nitrogens with one attached hydrogen (secondary N) is 1. The second kappa shape index (κ2) is 10.4. The predicted octanol–water partition coefficient (Wildman–Crippen LogP) is 6.65. The zero-order valence-electron chi connectivity index (χ0n) is 18.2. The van der Waals surface area contributed by atoms with E-state index in [1.807, 2.05) is 60.0 Å². The third kappa shape index (κ3) is 5.22. The van der Waals surface area contributed by atoms with Crippen molar-refractivity contribution in [2.75, 3.05) is 6.54 Å². The highest BCUT2D eigenvalue weighted by Crippen LogP contribution is 2.29. The van der Waals surface area contributed by atoms with Crippen LogP contribution in [0.5, 0.6) is 0 Å². The van der Waals surface area contributed by atoms with E-state index in [1.165, 1.54) is 23.5 Å². The van der Waals surface area contributed by atoms with Gasteiger partial charge >= 0.3 is 0 Å². The number of amides is 1. The molecule has 0 radical (unpaired) electrons. The van der Waals surface area contributed by atoms with Gasteiger partial charge < -0.3 is 5.32 Å². The van der Waals surface area contributed by atoms with Gasteiger partial charge in [0.2, 0.25) is 0 Å². The van der Waals surface area contributed by atoms with Gasteiger partial charge in [0.15, 0.2) is 0 Å². The topological polar surface area (TPSA) is 85.1 Å². The Kier molecular flexibility index (Phi) is 7.15. The molecular weight excluding hydrogens is 470 g/mol. The Balaban J connectivity index is 1.65. The van der Waals surface area contributed by atoms with Gasteiger partial charge in [-0.2, -0.15) is 0 Å². The average Bonchev–Trinajstić information content (AvgIpc) is 3.33. The monoisotopic (exact) mass is 489 g/mol. The maximum Gasteiger partial charge on any atom is 0.273 e. The first-order valence-electron chi connectivity index (χ1n) is 10.4. The van der Waals surface area contributed by atoms with Gasteiger partial charge in [0, 0.05) is 45.3 Å². The van der Waals surface area contributed by atoms with E-state index < -0.39 is 10.8 Å². The third-order valence-electron chi connectivity index (χ3n) is 5.27. The molecule has 0 fully saturated rings. The number of benzene rings is 3. The molecule has 4 aromatic rings. The summed E-state index contributed by atoms with van der Waals surface area (Å²) in [6.07, 6.45) is 1.90. The molecule has 0 unspecified atom stereocenters. The minimum absolute atomic E-state index is 0.0908. The van der Waals surface area contributed by atoms with Gasteiger partial charge in [-0.05, 0) is 30.7 Å². The number of nitrogens with zero attached hydrogens (tertiary/aromatic N) is 2. The zero-order chi connectivity index (χ0) is 24.1. The molecule has 34 heavy (non-hydrogen) atoms. The number of thiazole rings is 1. The van der Waals surface area contributed by atoms with Crippen molar-refractivity contribution in [3.05, 3.63) is 115 Å². The molecule has 0 aliphatic carbocycles. The molecule has 0 bridgehead atoms. The molecule has 1 aromatic heterocycles. The maximum atomic E-state index is 12.9. The van der Waals surface area contributed by atoms with Crippen LogP contribution in [-0.4, -0.2) is 22.4 Å². The molecule has 4 rings (SSSR count). The SMILES string of the molecule is Cc1c(C(=O)NCC(=Cc2ccccc2Cl)c2nc(-c3ccccc3)cs2)cccc1[N+](=O)[O-]. The number of aromatic nitrogens is 1. The van der Waals surface area contributed by atoms with Gasteiger partial charge in [-0.1, -0.05) is 66.2 Å². The molecule has 0 spiro atoms. The van der Waals surface area contributed by atoms with E-state index in [9.17, 15) is 14.9 Å². The number of rotatable bonds is 7. The van der Waals surface area contributed by atoms with Crippen LogP contribution in [0.1, 0.15) is 26.5 Å². The number of nitro benzene ring substituents is 1. The fourth-order valence-corrected chi connectivity index (χ4v) is 4.50. The van der Waals surface area contributed by atoms with E-state index in [1.54, 1.807) is 19.1 Å². The number of hydrogen-bond acceptors (Lipinski definition) is 5. The number of carbonyl (C=O) groups is 1. The van der Waals surface area contributed by atoms with Crippen LogP contribution in [0.15, 0.2) is 78.2 Å². The van der Waals surface area contributed by atoms with Gasteiger partial charge in [-0.15, -0.1) is 11.3 Å². The van der Waals surface area contributed by atoms with Crippen LogP contribution < -0.4 is 5.32 Å². The van der Waals surface area contributed by atoms with Crippen molar-refractivity contribution in [1.82, 2.24) is 10.3 Å². The molecule has 170 valence electrons. The maximum absolute atomic E-state index is 12.9. The first-order chi connectivity index (χ1) is 16.4. The van der Waals surface area contributed by atoms with Gasteiger partial charge in [0.1, 0.15) is 5.01 Å². The van der Waals surface area contributed by atoms with E-state index in [2.05, 4.69) is 5.32 Å². The van der Waals surface area contributed by atoms with Crippen molar-refractivity contribution in [2.24, 2.45) is 0 Å². The zero-order valence-corrected chi connectivity index (χ0v) is 19.8. The fourth-order valence-electron chi connectivity index (χ4n) is 3.47. The van der Waals surface area contributed by atoms with Crippen LogP contribution in [-0.2, 0) is 0 Å². The standard InChI is InChI=1S/C26H20ClN3O3S/c1-17-21(11-7-13-24(17)30(32)33)25(31)28-15-20(14-19-10-5-6-12-22(19)27)26-29-23(16-34-26)18-8-3-2-4-9-18/h2-14,16H,15H2,1H3,(H,28,31). The van der Waals surface area contributed by atoms with Crippen molar-refractivity contribution >= 4 is 46.2 Å². The lowest BCUT2D eigenvalue weighted by Crippen LogP contribution is -2.26. The van der Waals surface area contributed by atoms with E-state index in [0.29, 0.717) is 10.6 Å². The highest BCUT2D eigenvalue weighted by Gasteiger charge is 2.19. The van der Waals surface area contributed by atoms with Crippen LogP contribution in [0.4, 0.5) is 5.69 Å². The van der Waals surface area contributed by atoms with Gasteiger partial charge in [0.05, 0.1) is 10.6 Å². The molecule has 6 nitrogen and oxygen atoms in total. The van der Waals surface area contributed by atoms with Crippen LogP contribution >= 0.6 is 22.9 Å². The molecule has 3 aromatic carbocycles. The summed E-state index contributed by atoms with van der Waals surface area (Å²) in [7, 11) is 0. The second-order valence-electron chi connectivity index (χ2n) is 7.48. The Morgan fingerprint density at radius 1 is 1.09 bits per heavy atom. The second-order valence-corrected chi connectivity index (χ2v) is 8.75. The third-order valence-corrected chi connectivity index (χ3v) is 6.53. The Bertz CT molecular complexity index is 1380. The van der Waals surface area contributed by atoms with Gasteiger partial charge in [0.25, 0.3) is 11.6 Å². The normalized spacial score (nSPS) is 11.3. The summed E-state index contributed by atoms with van der Waals surface area (Å²) in [5.41, 5.74) is 3.91. The van der Waals surface area contributed by atoms with Crippen molar-refractivity contribution in [3.8, 4) is 11.3 Å². The van der Waals surface area contributed by atoms with Crippen molar-refractivity contribution in [3.63, 3.8) is 0 Å². The highest BCUT2D eigenvalue weighted by atomic mass is 35.5. The summed E-state index contributed by atoms with van der Waals surface area (Å²) in [6, 6.07) is 21.7. The van der Waals surface area contributed by atoms with E-state index >= 15 is 0 Å². The lowest BCUT2D eigenvalue weighted by molar-refractivity contribution is -0.385. The van der Waals surface area contributed by atoms with E-state index in [0.717, 1.165) is 27.4 Å². The summed E-state index contributed by atoms with van der Waals surface area (Å²) in [5, 5.41) is 17.4. The van der Waals surface area contributed by atoms with Crippen LogP contribution in [0.2, 0.25) is 5.02 Å². The van der Waals surface area contributed by atoms with E-state index in [-0.39, 0.29) is 17.8 Å². The molecule has 0 aliphatic heterocycles. The van der Waals surface area contributed by atoms with Gasteiger partial charge in [-0.3, -0.25) is 14.9 Å². The smallest absolute Gasteiger partial charge is 0.273 e. The van der Waals surface area contributed by atoms with Crippen LogP contribution in [0, 0.1) is 17.0 Å². The summed E-state index contributed by atoms with van der Waals surface area (Å²) < 4.78 is 0. The average molecular weight is 490 g/mol. The summed E-state index contributed by atoms with van der Waals surface area (Å²) >= 11 is 7.84. The van der Waals surface area contributed by atoms with Crippen molar-refractivity contribution in [2.45, 2.75) is 6.92 Å². The molecule has 0 saturated heterocycles. The minimum Gasteiger partial charge on any atom is -0.348 e. The first kappa shape index (κ1) is 23.4. The summed E-state index contributed by atoms with van der Waals surface area (Å²) in [5.74, 6) is -0.397. The Labute approximate surface area is 205 Å². The summed E-state index contributed by atoms with van der Waals surface area (Å²) in [4.78, 5) is 28.5. The Morgan fingerprint density at radius 3 is 2.56 bits per heavy atom. The van der Waals surface area contributed by atoms with E-state index in [4.69, 9.17) is 16.6 Å². The number of hydrogen-bond donors (Lipinski definition) is 1. The van der Waals surface area contributed by atoms with Crippen molar-refractivity contribution < 1.29 is 9.72 Å². The molecule has 1 amide bonds. The number of nitro groups is 1. The Morgan fingerprint density at radius 2 is 1.82 bits per heavy atom. The highest BCUT2D eigenvalue weighted by molar-refractivity contribution is 7.11. The molecule has 1 N–H and O–H groups in total. The van der Waals surface area contributed by atoms with Crippen LogP contribution in [0.25, 0.3) is 22.9 Å². The molecule has 0 atom stereocenters. The molecular formula is C26H20ClN3O3S. The summed E-state index contributed by atoms with van der Waals surface area (Å²) in [6.45, 7) is 1.74. The number of halogens is 1. The fraction of sp³-hybridized carbons (Fsp3) is 0.0769. The molecule has 8 heteroatoms. The molecule has 0 saturated carbocycles. The lowest BCUT2D eigenvalue weighted by Gasteiger charge is -2.10. The lowest BCUT2D eigenvalue weighted by atomic mass is 10.1. The Hall–Kier alpha value is -3.81. The van der Waals surface area contributed by atoms with Crippen LogP contribution in [0.3, 0.4) is 0 Å². The van der Waals surface area contributed by atoms with Crippen molar-refractivity contribution in [1.29, 1.82) is 0 Å². The van der Waals surface area contributed by atoms with Gasteiger partial charge in [-0.25, -0.2) is 4.98 Å².